The highest BCUT2D eigenvalue weighted by Crippen LogP contribution is 2.07. The van der Waals surface area contributed by atoms with Crippen LogP contribution < -0.4 is 0 Å². The molecule has 0 spiro atoms. The fraction of sp³-hybridized carbons (Fsp3) is 0.545. The van der Waals surface area contributed by atoms with Crippen LogP contribution in [-0.2, 0) is 11.2 Å². The number of carbonyl (C=O) groups is 1. The standard InChI is InChI=1S/C11H16N2O2S/c1-4-15-11(14)10-8(2)7-12-9(13-10)5-6-16-3/h7H,4-6H2,1-3H3. The van der Waals surface area contributed by atoms with Crippen LogP contribution in [0.3, 0.4) is 0 Å². The van der Waals surface area contributed by atoms with E-state index in [9.17, 15) is 4.79 Å². The van der Waals surface area contributed by atoms with Crippen molar-refractivity contribution in [1.82, 2.24) is 9.97 Å². The smallest absolute Gasteiger partial charge is 0.357 e. The van der Waals surface area contributed by atoms with E-state index in [1.165, 1.54) is 0 Å². The third-order valence-electron chi connectivity index (χ3n) is 2.02. The Morgan fingerprint density at radius 3 is 2.94 bits per heavy atom. The van der Waals surface area contributed by atoms with Crippen LogP contribution in [0.15, 0.2) is 6.20 Å². The van der Waals surface area contributed by atoms with E-state index in [-0.39, 0.29) is 5.97 Å². The van der Waals surface area contributed by atoms with Crippen molar-refractivity contribution in [2.45, 2.75) is 20.3 Å². The normalized spacial score (nSPS) is 10.2. The molecular weight excluding hydrogens is 224 g/mol. The van der Waals surface area contributed by atoms with Gasteiger partial charge in [-0.25, -0.2) is 14.8 Å². The lowest BCUT2D eigenvalue weighted by Gasteiger charge is -2.06. The maximum atomic E-state index is 11.6. The van der Waals surface area contributed by atoms with Gasteiger partial charge in [0.15, 0.2) is 5.69 Å². The fourth-order valence-corrected chi connectivity index (χ4v) is 1.59. The number of carbonyl (C=O) groups excluding carboxylic acids is 1. The molecule has 0 atom stereocenters. The minimum absolute atomic E-state index is 0.364. The van der Waals surface area contributed by atoms with Gasteiger partial charge in [0, 0.05) is 23.9 Å². The third-order valence-corrected chi connectivity index (χ3v) is 2.63. The summed E-state index contributed by atoms with van der Waals surface area (Å²) in [4.78, 5) is 20.0. The lowest BCUT2D eigenvalue weighted by molar-refractivity contribution is 0.0518. The highest BCUT2D eigenvalue weighted by atomic mass is 32.2. The monoisotopic (exact) mass is 240 g/mol. The second kappa shape index (κ2) is 6.48. The molecule has 88 valence electrons. The number of ether oxygens (including phenoxy) is 1. The number of rotatable bonds is 5. The highest BCUT2D eigenvalue weighted by Gasteiger charge is 2.13. The first-order chi connectivity index (χ1) is 7.69. The van der Waals surface area contributed by atoms with E-state index in [1.807, 2.05) is 13.2 Å². The fourth-order valence-electron chi connectivity index (χ4n) is 1.20. The van der Waals surface area contributed by atoms with Crippen molar-refractivity contribution in [2.75, 3.05) is 18.6 Å². The molecule has 0 saturated heterocycles. The summed E-state index contributed by atoms with van der Waals surface area (Å²) in [5, 5.41) is 0. The summed E-state index contributed by atoms with van der Waals surface area (Å²) in [6.45, 7) is 3.95. The van der Waals surface area contributed by atoms with Gasteiger partial charge in [-0.1, -0.05) is 0 Å². The van der Waals surface area contributed by atoms with E-state index < -0.39 is 0 Å². The molecule has 0 unspecified atom stereocenters. The molecule has 0 aliphatic carbocycles. The highest BCUT2D eigenvalue weighted by molar-refractivity contribution is 7.98. The molecule has 0 N–H and O–H groups in total. The number of nitrogens with zero attached hydrogens (tertiary/aromatic N) is 2. The molecule has 16 heavy (non-hydrogen) atoms. The van der Waals surface area contributed by atoms with Crippen LogP contribution in [0.4, 0.5) is 0 Å². The van der Waals surface area contributed by atoms with E-state index in [1.54, 1.807) is 24.9 Å². The van der Waals surface area contributed by atoms with Crippen molar-refractivity contribution < 1.29 is 9.53 Å². The Morgan fingerprint density at radius 1 is 1.56 bits per heavy atom. The molecule has 4 nitrogen and oxygen atoms in total. The first-order valence-electron chi connectivity index (χ1n) is 5.17. The van der Waals surface area contributed by atoms with Crippen LogP contribution in [-0.4, -0.2) is 34.6 Å². The SMILES string of the molecule is CCOC(=O)c1nc(CCSC)ncc1C. The first-order valence-corrected chi connectivity index (χ1v) is 6.57. The molecule has 0 aliphatic heterocycles. The van der Waals surface area contributed by atoms with E-state index in [0.29, 0.717) is 18.1 Å². The van der Waals surface area contributed by atoms with Crippen LogP contribution in [0.2, 0.25) is 0 Å². The van der Waals surface area contributed by atoms with Gasteiger partial charge in [0.25, 0.3) is 0 Å². The van der Waals surface area contributed by atoms with Crippen molar-refractivity contribution >= 4 is 17.7 Å². The van der Waals surface area contributed by atoms with Crippen LogP contribution in [0.25, 0.3) is 0 Å². The van der Waals surface area contributed by atoms with Crippen molar-refractivity contribution in [3.63, 3.8) is 0 Å². The summed E-state index contributed by atoms with van der Waals surface area (Å²) in [5.41, 5.74) is 1.14. The number of hydrogen-bond donors (Lipinski definition) is 0. The minimum atomic E-state index is -0.368. The molecule has 1 heterocycles. The van der Waals surface area contributed by atoms with Crippen molar-refractivity contribution in [2.24, 2.45) is 0 Å². The number of thioether (sulfide) groups is 1. The third kappa shape index (κ3) is 3.48. The molecule has 5 heteroatoms. The average molecular weight is 240 g/mol. The average Bonchev–Trinajstić information content (AvgIpc) is 2.28. The predicted molar refractivity (Wildman–Crippen MR) is 64.8 cm³/mol. The van der Waals surface area contributed by atoms with Crippen LogP contribution in [0.5, 0.6) is 0 Å². The Labute approximate surface area is 99.8 Å². The molecule has 0 aromatic carbocycles. The Balaban J connectivity index is 2.85. The predicted octanol–water partition coefficient (Wildman–Crippen LogP) is 1.87. The van der Waals surface area contributed by atoms with Crippen LogP contribution in [0, 0.1) is 6.92 Å². The van der Waals surface area contributed by atoms with Gasteiger partial charge in [0.1, 0.15) is 5.82 Å². The zero-order valence-electron chi connectivity index (χ0n) is 9.82. The van der Waals surface area contributed by atoms with Crippen molar-refractivity contribution in [3.8, 4) is 0 Å². The lowest BCUT2D eigenvalue weighted by Crippen LogP contribution is -2.12. The Hall–Kier alpha value is -1.10. The Morgan fingerprint density at radius 2 is 2.31 bits per heavy atom. The van der Waals surface area contributed by atoms with Gasteiger partial charge >= 0.3 is 5.97 Å². The topological polar surface area (TPSA) is 52.1 Å². The molecule has 0 fully saturated rings. The van der Waals surface area contributed by atoms with Gasteiger partial charge in [-0.2, -0.15) is 11.8 Å². The van der Waals surface area contributed by atoms with Crippen LogP contribution in [0.1, 0.15) is 28.8 Å². The molecule has 1 aromatic heterocycles. The number of esters is 1. The number of aryl methyl sites for hydroxylation is 2. The molecule has 0 radical (unpaired) electrons. The van der Waals surface area contributed by atoms with Crippen molar-refractivity contribution in [3.05, 3.63) is 23.3 Å². The van der Waals surface area contributed by atoms with Gasteiger partial charge in [0.05, 0.1) is 6.61 Å². The second-order valence-corrected chi connectivity index (χ2v) is 4.27. The minimum Gasteiger partial charge on any atom is -0.461 e. The quantitative estimate of drug-likeness (QED) is 0.735. The summed E-state index contributed by atoms with van der Waals surface area (Å²) < 4.78 is 4.93. The first kappa shape index (κ1) is 13.0. The van der Waals surface area contributed by atoms with Gasteiger partial charge in [-0.3, -0.25) is 0 Å². The molecule has 0 aliphatic rings. The van der Waals surface area contributed by atoms with Gasteiger partial charge in [0.2, 0.25) is 0 Å². The molecule has 1 rings (SSSR count). The van der Waals surface area contributed by atoms with Gasteiger partial charge in [-0.15, -0.1) is 0 Å². The molecule has 1 aromatic rings. The largest absolute Gasteiger partial charge is 0.461 e. The van der Waals surface area contributed by atoms with E-state index in [0.717, 1.165) is 17.7 Å². The summed E-state index contributed by atoms with van der Waals surface area (Å²) in [6, 6.07) is 0. The van der Waals surface area contributed by atoms with E-state index >= 15 is 0 Å². The van der Waals surface area contributed by atoms with Gasteiger partial charge in [-0.05, 0) is 20.1 Å². The summed E-state index contributed by atoms with van der Waals surface area (Å²) in [7, 11) is 0. The summed E-state index contributed by atoms with van der Waals surface area (Å²) in [5.74, 6) is 1.28. The molecule has 0 amide bonds. The zero-order chi connectivity index (χ0) is 12.0. The lowest BCUT2D eigenvalue weighted by atomic mass is 10.2. The maximum absolute atomic E-state index is 11.6. The zero-order valence-corrected chi connectivity index (χ0v) is 10.6. The molecular formula is C11H16N2O2S. The second-order valence-electron chi connectivity index (χ2n) is 3.28. The maximum Gasteiger partial charge on any atom is 0.357 e. The number of aromatic nitrogens is 2. The van der Waals surface area contributed by atoms with E-state index in [2.05, 4.69) is 9.97 Å². The van der Waals surface area contributed by atoms with Crippen LogP contribution >= 0.6 is 11.8 Å². The molecule has 0 saturated carbocycles. The summed E-state index contributed by atoms with van der Waals surface area (Å²) in [6.07, 6.45) is 4.48. The van der Waals surface area contributed by atoms with Gasteiger partial charge < -0.3 is 4.74 Å². The Bertz CT molecular complexity index is 369. The molecule has 0 bridgehead atoms. The number of hydrogen-bond acceptors (Lipinski definition) is 5. The van der Waals surface area contributed by atoms with Crippen molar-refractivity contribution in [1.29, 1.82) is 0 Å². The Kier molecular flexibility index (Phi) is 5.25. The van der Waals surface area contributed by atoms with E-state index in [4.69, 9.17) is 4.74 Å². The summed E-state index contributed by atoms with van der Waals surface area (Å²) >= 11 is 1.73.